The van der Waals surface area contributed by atoms with Crippen molar-refractivity contribution in [2.24, 2.45) is 0 Å². The Kier molecular flexibility index (Phi) is 5.59. The van der Waals surface area contributed by atoms with Crippen LogP contribution >= 0.6 is 22.7 Å². The third-order valence-corrected chi connectivity index (χ3v) is 5.62. The van der Waals surface area contributed by atoms with E-state index in [0.29, 0.717) is 0 Å². The topological polar surface area (TPSA) is 0 Å². The molecule has 2 aromatic heterocycles. The first-order valence-corrected chi connectivity index (χ1v) is 8.68. The van der Waals surface area contributed by atoms with Crippen molar-refractivity contribution >= 4 is 36.1 Å². The van der Waals surface area contributed by atoms with Gasteiger partial charge in [0, 0.05) is 0 Å². The van der Waals surface area contributed by atoms with E-state index in [0.717, 1.165) is 5.56 Å². The van der Waals surface area contributed by atoms with Crippen LogP contribution < -0.4 is 0 Å². The van der Waals surface area contributed by atoms with Crippen LogP contribution in [0.5, 0.6) is 0 Å². The molecule has 0 aliphatic heterocycles. The number of rotatable bonds is 7. The van der Waals surface area contributed by atoms with Gasteiger partial charge in [-0.2, -0.15) is 0 Å². The molecule has 0 unspecified atom stereocenters. The Hall–Kier alpha value is -0.665. The third-order valence-electron chi connectivity index (χ3n) is 3.42. The minimum absolute atomic E-state index is 1.16. The van der Waals surface area contributed by atoms with Gasteiger partial charge in [-0.3, -0.25) is 0 Å². The van der Waals surface area contributed by atoms with Crippen molar-refractivity contribution in [1.82, 2.24) is 0 Å². The van der Waals surface area contributed by atoms with Gasteiger partial charge in [0.2, 0.25) is 0 Å². The van der Waals surface area contributed by atoms with Crippen LogP contribution in [0.25, 0.3) is 9.75 Å². The second-order valence-electron chi connectivity index (χ2n) is 4.87. The molecule has 0 aliphatic carbocycles. The quantitative estimate of drug-likeness (QED) is 0.483. The Bertz CT molecular complexity index is 537. The van der Waals surface area contributed by atoms with Crippen LogP contribution in [0.1, 0.15) is 48.6 Å². The van der Waals surface area contributed by atoms with Gasteiger partial charge in [0.1, 0.15) is 0 Å². The molecule has 0 aliphatic rings. The van der Waals surface area contributed by atoms with Crippen LogP contribution in [0.3, 0.4) is 0 Å². The molecule has 0 bridgehead atoms. The zero-order chi connectivity index (χ0) is 13.7. The molecule has 2 aromatic rings. The van der Waals surface area contributed by atoms with Gasteiger partial charge in [-0.25, -0.2) is 0 Å². The molecule has 2 rings (SSSR count). The summed E-state index contributed by atoms with van der Waals surface area (Å²) in [5, 5.41) is 2.12. The summed E-state index contributed by atoms with van der Waals surface area (Å²) >= 11 is 3.68. The van der Waals surface area contributed by atoms with Crippen molar-refractivity contribution in [2.45, 2.75) is 46.0 Å². The summed E-state index contributed by atoms with van der Waals surface area (Å²) in [7, 11) is 5.68. The number of unbranched alkanes of at least 4 members (excludes halogenated alkanes) is 3. The average molecular weight is 287 g/mol. The molecule has 0 aromatic carbocycles. The van der Waals surface area contributed by atoms with Crippen molar-refractivity contribution in [3.8, 4) is 9.75 Å². The zero-order valence-corrected chi connectivity index (χ0v) is 13.4. The van der Waals surface area contributed by atoms with Gasteiger partial charge < -0.3 is 0 Å². The van der Waals surface area contributed by atoms with E-state index in [9.17, 15) is 0 Å². The van der Waals surface area contributed by atoms with Crippen molar-refractivity contribution < 1.29 is 0 Å². The number of thiophene rings is 2. The van der Waals surface area contributed by atoms with Crippen LogP contribution in [-0.4, -0.2) is 13.5 Å². The van der Waals surface area contributed by atoms with Crippen LogP contribution in [0.2, 0.25) is 0 Å². The van der Waals surface area contributed by atoms with E-state index in [1.807, 2.05) is 11.3 Å². The third kappa shape index (κ3) is 3.67. The Morgan fingerprint density at radius 3 is 2.84 bits per heavy atom. The molecule has 0 saturated carbocycles. The molecule has 99 valence electrons. The van der Waals surface area contributed by atoms with Gasteiger partial charge in [0.05, 0.1) is 0 Å². The fourth-order valence-electron chi connectivity index (χ4n) is 2.27. The average Bonchev–Trinajstić information content (AvgIpc) is 3.01. The molecule has 0 nitrogen and oxygen atoms in total. The standard InChI is InChI=1S/C16H20BS2/c1-3-4-5-6-7-13-10-15(19-12(13)2)16-14(11-17)8-9-18-16/h8-11H,3-7H2,1-2H3. The molecule has 3 heteroatoms. The molecule has 0 N–H and O–H groups in total. The van der Waals surface area contributed by atoms with Crippen molar-refractivity contribution in [3.05, 3.63) is 33.5 Å². The number of hydrogen-bond donors (Lipinski definition) is 0. The van der Waals surface area contributed by atoms with E-state index in [4.69, 9.17) is 7.49 Å². The SMILES string of the molecule is [B]=Cc1ccsc1-c1cc(CCCCCC)c(C)s1. The number of hydrogen-bond acceptors (Lipinski definition) is 2. The molecule has 2 heterocycles. The predicted molar refractivity (Wildman–Crippen MR) is 91.1 cm³/mol. The van der Waals surface area contributed by atoms with Crippen LogP contribution in [0.15, 0.2) is 17.5 Å². The Balaban J connectivity index is 2.10. The van der Waals surface area contributed by atoms with Gasteiger partial charge in [0.25, 0.3) is 0 Å². The molecule has 0 saturated heterocycles. The van der Waals surface area contributed by atoms with Crippen LogP contribution in [-0.2, 0) is 6.42 Å². The maximum atomic E-state index is 5.68. The Morgan fingerprint density at radius 1 is 1.26 bits per heavy atom. The van der Waals surface area contributed by atoms with Crippen molar-refractivity contribution in [1.29, 1.82) is 0 Å². The van der Waals surface area contributed by atoms with Gasteiger partial charge in [-0.15, -0.1) is 0 Å². The summed E-state index contributed by atoms with van der Waals surface area (Å²) in [4.78, 5) is 4.15. The molecule has 1 radical (unpaired) electrons. The molecular weight excluding hydrogens is 267 g/mol. The number of aryl methyl sites for hydroxylation is 2. The summed E-state index contributed by atoms with van der Waals surface area (Å²) in [6, 6.07) is 4.46. The molecular formula is C16H20BS2. The van der Waals surface area contributed by atoms with Gasteiger partial charge in [-0.1, -0.05) is 0 Å². The van der Waals surface area contributed by atoms with Gasteiger partial charge >= 0.3 is 125 Å². The summed E-state index contributed by atoms with van der Waals surface area (Å²) < 4.78 is 0. The van der Waals surface area contributed by atoms with E-state index < -0.39 is 0 Å². The Morgan fingerprint density at radius 2 is 2.11 bits per heavy atom. The van der Waals surface area contributed by atoms with E-state index in [-0.39, 0.29) is 0 Å². The fourth-order valence-corrected chi connectivity index (χ4v) is 4.37. The summed E-state index contributed by atoms with van der Waals surface area (Å²) in [5.74, 6) is 1.71. The van der Waals surface area contributed by atoms with Gasteiger partial charge in [0.15, 0.2) is 0 Å². The van der Waals surface area contributed by atoms with E-state index in [2.05, 4.69) is 31.4 Å². The van der Waals surface area contributed by atoms with E-state index >= 15 is 0 Å². The second-order valence-corrected chi connectivity index (χ2v) is 7.05. The molecule has 19 heavy (non-hydrogen) atoms. The summed E-state index contributed by atoms with van der Waals surface area (Å²) in [6.07, 6.45) is 6.54. The minimum atomic E-state index is 1.16. The van der Waals surface area contributed by atoms with E-state index in [1.54, 1.807) is 17.3 Å². The summed E-state index contributed by atoms with van der Waals surface area (Å²) in [5.41, 5.74) is 2.68. The van der Waals surface area contributed by atoms with Crippen LogP contribution in [0, 0.1) is 6.92 Å². The molecule has 0 amide bonds. The van der Waals surface area contributed by atoms with Crippen molar-refractivity contribution in [3.63, 3.8) is 0 Å². The van der Waals surface area contributed by atoms with E-state index in [1.165, 1.54) is 52.3 Å². The Labute approximate surface area is 125 Å². The normalized spacial score (nSPS) is 10.8. The van der Waals surface area contributed by atoms with Crippen molar-refractivity contribution in [2.75, 3.05) is 0 Å². The first-order valence-electron chi connectivity index (χ1n) is 6.98. The van der Waals surface area contributed by atoms with Gasteiger partial charge in [-0.05, 0) is 0 Å². The molecule has 0 fully saturated rings. The molecule has 0 spiro atoms. The second kappa shape index (κ2) is 7.21. The first-order chi connectivity index (χ1) is 9.26. The van der Waals surface area contributed by atoms with Crippen LogP contribution in [0.4, 0.5) is 0 Å². The first kappa shape index (κ1) is 14.7. The zero-order valence-electron chi connectivity index (χ0n) is 11.7. The predicted octanol–water partition coefficient (Wildman–Crippen LogP) is 5.23. The summed E-state index contributed by atoms with van der Waals surface area (Å²) in [6.45, 7) is 4.50. The fraction of sp³-hybridized carbons (Fsp3) is 0.438. The monoisotopic (exact) mass is 287 g/mol. The maximum absolute atomic E-state index is 5.68. The molecule has 0 atom stereocenters.